The molecule has 0 N–H and O–H groups in total. The van der Waals surface area contributed by atoms with Crippen molar-refractivity contribution in [2.45, 2.75) is 13.3 Å². The van der Waals surface area contributed by atoms with E-state index in [1.165, 1.54) is 21.6 Å². The number of rotatable bonds is 1. The zero-order valence-electron chi connectivity index (χ0n) is 9.53. The Morgan fingerprint density at radius 3 is 2.88 bits per heavy atom. The van der Waals surface area contributed by atoms with Gasteiger partial charge in [-0.3, -0.25) is 4.99 Å². The normalized spacial score (nSPS) is 14.4. The van der Waals surface area contributed by atoms with Crippen LogP contribution in [-0.2, 0) is 6.42 Å². The lowest BCUT2D eigenvalue weighted by atomic mass is 9.94. The van der Waals surface area contributed by atoms with Crippen LogP contribution in [0.25, 0.3) is 0 Å². The molecule has 17 heavy (non-hydrogen) atoms. The summed E-state index contributed by atoms with van der Waals surface area (Å²) in [6.45, 7) is 2.97. The highest BCUT2D eigenvalue weighted by Gasteiger charge is 2.19. The fourth-order valence-electron chi connectivity index (χ4n) is 2.26. The molecule has 2 aromatic rings. The molecule has 1 aromatic heterocycles. The lowest BCUT2D eigenvalue weighted by Crippen LogP contribution is -2.14. The average molecular weight is 262 g/mol. The van der Waals surface area contributed by atoms with Gasteiger partial charge in [0.1, 0.15) is 0 Å². The molecular weight excluding hydrogens is 250 g/mol. The van der Waals surface area contributed by atoms with Crippen molar-refractivity contribution in [3.05, 3.63) is 56.2 Å². The van der Waals surface area contributed by atoms with Gasteiger partial charge in [-0.1, -0.05) is 23.7 Å². The molecule has 0 amide bonds. The number of hydrogen-bond donors (Lipinski definition) is 0. The molecule has 0 spiro atoms. The maximum atomic E-state index is 6.26. The smallest absolute Gasteiger partial charge is 0.0733 e. The Kier molecular flexibility index (Phi) is 2.77. The number of nitrogens with zero attached hydrogens (tertiary/aromatic N) is 1. The van der Waals surface area contributed by atoms with Crippen LogP contribution in [0.3, 0.4) is 0 Å². The van der Waals surface area contributed by atoms with E-state index in [0.717, 1.165) is 23.7 Å². The van der Waals surface area contributed by atoms with E-state index in [1.807, 2.05) is 12.1 Å². The molecule has 1 aliphatic heterocycles. The Morgan fingerprint density at radius 2 is 2.12 bits per heavy atom. The summed E-state index contributed by atoms with van der Waals surface area (Å²) in [6, 6.07) is 8.23. The van der Waals surface area contributed by atoms with Crippen molar-refractivity contribution in [3.63, 3.8) is 0 Å². The SMILES string of the molecule is Cc1sccc1C1=NCCc2c(Cl)cccc21. The van der Waals surface area contributed by atoms with Gasteiger partial charge >= 0.3 is 0 Å². The monoisotopic (exact) mass is 261 g/mol. The van der Waals surface area contributed by atoms with E-state index in [4.69, 9.17) is 11.6 Å². The summed E-state index contributed by atoms with van der Waals surface area (Å²) in [6.07, 6.45) is 0.946. The van der Waals surface area contributed by atoms with Crippen molar-refractivity contribution in [1.82, 2.24) is 0 Å². The minimum absolute atomic E-state index is 0.835. The standard InChI is InChI=1S/C14H12ClNS/c1-9-10(6-8-17-9)14-12-3-2-4-13(15)11(12)5-7-16-14/h2-4,6,8H,5,7H2,1H3. The highest BCUT2D eigenvalue weighted by Crippen LogP contribution is 2.28. The molecule has 0 unspecified atom stereocenters. The van der Waals surface area contributed by atoms with Gasteiger partial charge in [0.15, 0.2) is 0 Å². The van der Waals surface area contributed by atoms with Gasteiger partial charge in [0, 0.05) is 27.6 Å². The van der Waals surface area contributed by atoms with Gasteiger partial charge in [-0.05, 0) is 36.4 Å². The third-order valence-corrected chi connectivity index (χ3v) is 4.32. The summed E-state index contributed by atoms with van der Waals surface area (Å²) in [4.78, 5) is 6.00. The lowest BCUT2D eigenvalue weighted by molar-refractivity contribution is 0.944. The van der Waals surface area contributed by atoms with E-state index < -0.39 is 0 Å². The van der Waals surface area contributed by atoms with E-state index in [1.54, 1.807) is 11.3 Å². The zero-order chi connectivity index (χ0) is 11.8. The molecular formula is C14H12ClNS. The summed E-state index contributed by atoms with van der Waals surface area (Å²) < 4.78 is 0. The second-order valence-corrected chi connectivity index (χ2v) is 5.66. The van der Waals surface area contributed by atoms with E-state index in [-0.39, 0.29) is 0 Å². The molecule has 3 rings (SSSR count). The Morgan fingerprint density at radius 1 is 1.24 bits per heavy atom. The molecule has 0 aliphatic carbocycles. The molecule has 0 bridgehead atoms. The molecule has 3 heteroatoms. The van der Waals surface area contributed by atoms with Crippen molar-refractivity contribution in [1.29, 1.82) is 0 Å². The van der Waals surface area contributed by atoms with E-state index in [2.05, 4.69) is 29.4 Å². The van der Waals surface area contributed by atoms with Gasteiger partial charge in [0.25, 0.3) is 0 Å². The van der Waals surface area contributed by atoms with Crippen LogP contribution >= 0.6 is 22.9 Å². The number of benzene rings is 1. The van der Waals surface area contributed by atoms with Crippen LogP contribution in [0, 0.1) is 6.92 Å². The summed E-state index contributed by atoms with van der Waals surface area (Å²) >= 11 is 8.02. The summed E-state index contributed by atoms with van der Waals surface area (Å²) in [7, 11) is 0. The van der Waals surface area contributed by atoms with Gasteiger partial charge in [0.05, 0.1) is 5.71 Å². The molecule has 0 fully saturated rings. The zero-order valence-corrected chi connectivity index (χ0v) is 11.1. The second-order valence-electron chi connectivity index (χ2n) is 4.14. The predicted molar refractivity (Wildman–Crippen MR) is 74.7 cm³/mol. The Hall–Kier alpha value is -1.12. The topological polar surface area (TPSA) is 12.4 Å². The Balaban J connectivity index is 2.19. The van der Waals surface area contributed by atoms with Crippen LogP contribution in [0.15, 0.2) is 34.6 Å². The second kappa shape index (κ2) is 4.28. The number of thiophene rings is 1. The van der Waals surface area contributed by atoms with Gasteiger partial charge < -0.3 is 0 Å². The van der Waals surface area contributed by atoms with Crippen molar-refractivity contribution < 1.29 is 0 Å². The van der Waals surface area contributed by atoms with Crippen molar-refractivity contribution in [3.8, 4) is 0 Å². The lowest BCUT2D eigenvalue weighted by Gasteiger charge is -2.18. The van der Waals surface area contributed by atoms with Crippen LogP contribution < -0.4 is 0 Å². The van der Waals surface area contributed by atoms with Gasteiger partial charge in [-0.25, -0.2) is 0 Å². The number of aryl methyl sites for hydroxylation is 1. The molecule has 2 heterocycles. The first-order valence-electron chi connectivity index (χ1n) is 5.64. The third kappa shape index (κ3) is 1.81. The molecule has 0 saturated heterocycles. The minimum Gasteiger partial charge on any atom is -0.284 e. The Bertz CT molecular complexity index is 598. The molecule has 86 valence electrons. The molecule has 1 aromatic carbocycles. The summed E-state index contributed by atoms with van der Waals surface area (Å²) in [5, 5.41) is 2.98. The van der Waals surface area contributed by atoms with Gasteiger partial charge in [-0.2, -0.15) is 0 Å². The average Bonchev–Trinajstić information content (AvgIpc) is 2.75. The first-order valence-corrected chi connectivity index (χ1v) is 6.90. The maximum Gasteiger partial charge on any atom is 0.0733 e. The fourth-order valence-corrected chi connectivity index (χ4v) is 3.23. The van der Waals surface area contributed by atoms with Crippen LogP contribution in [0.5, 0.6) is 0 Å². The van der Waals surface area contributed by atoms with E-state index in [0.29, 0.717) is 0 Å². The number of fused-ring (bicyclic) bond motifs is 1. The summed E-state index contributed by atoms with van der Waals surface area (Å²) in [5.41, 5.74) is 4.79. The number of hydrogen-bond acceptors (Lipinski definition) is 2. The summed E-state index contributed by atoms with van der Waals surface area (Å²) in [5.74, 6) is 0. The molecule has 0 atom stereocenters. The van der Waals surface area contributed by atoms with E-state index >= 15 is 0 Å². The van der Waals surface area contributed by atoms with Crippen molar-refractivity contribution in [2.75, 3.05) is 6.54 Å². The quantitative estimate of drug-likeness (QED) is 0.733. The minimum atomic E-state index is 0.835. The highest BCUT2D eigenvalue weighted by molar-refractivity contribution is 7.10. The fraction of sp³-hybridized carbons (Fsp3) is 0.214. The van der Waals surface area contributed by atoms with Crippen molar-refractivity contribution in [2.24, 2.45) is 4.99 Å². The Labute approximate surface area is 110 Å². The largest absolute Gasteiger partial charge is 0.284 e. The number of aliphatic imine (C=N–C) groups is 1. The predicted octanol–water partition coefficient (Wildman–Crippen LogP) is 4.10. The van der Waals surface area contributed by atoms with Crippen LogP contribution in [0.1, 0.15) is 21.6 Å². The van der Waals surface area contributed by atoms with Crippen LogP contribution in [0.4, 0.5) is 0 Å². The van der Waals surface area contributed by atoms with E-state index in [9.17, 15) is 0 Å². The maximum absolute atomic E-state index is 6.26. The third-order valence-electron chi connectivity index (χ3n) is 3.12. The van der Waals surface area contributed by atoms with Crippen LogP contribution in [0.2, 0.25) is 5.02 Å². The first-order chi connectivity index (χ1) is 8.27. The van der Waals surface area contributed by atoms with Gasteiger partial charge in [0.2, 0.25) is 0 Å². The van der Waals surface area contributed by atoms with Crippen LogP contribution in [-0.4, -0.2) is 12.3 Å². The molecule has 0 saturated carbocycles. The first kappa shape index (κ1) is 11.0. The molecule has 1 aliphatic rings. The highest BCUT2D eigenvalue weighted by atomic mass is 35.5. The number of halogens is 1. The van der Waals surface area contributed by atoms with Crippen molar-refractivity contribution >= 4 is 28.6 Å². The molecule has 0 radical (unpaired) electrons. The van der Waals surface area contributed by atoms with Gasteiger partial charge in [-0.15, -0.1) is 11.3 Å². The molecule has 1 nitrogen and oxygen atoms in total.